The lowest BCUT2D eigenvalue weighted by Gasteiger charge is -2.33. The van der Waals surface area contributed by atoms with E-state index in [0.29, 0.717) is 17.9 Å². The second-order valence-corrected chi connectivity index (χ2v) is 6.50. The maximum Gasteiger partial charge on any atom is 0.342 e. The van der Waals surface area contributed by atoms with Crippen molar-refractivity contribution >= 4 is 12.0 Å². The minimum Gasteiger partial charge on any atom is -0.496 e. The molecule has 6 nitrogen and oxygen atoms in total. The highest BCUT2D eigenvalue weighted by Crippen LogP contribution is 2.47. The third kappa shape index (κ3) is 3.24. The zero-order chi connectivity index (χ0) is 18.0. The molecular weight excluding hydrogens is 324 g/mol. The Hall–Kier alpha value is -2.05. The van der Waals surface area contributed by atoms with Gasteiger partial charge in [0, 0.05) is 19.3 Å². The minimum absolute atomic E-state index is 0.262. The number of methoxy groups -OCH3 is 2. The van der Waals surface area contributed by atoms with Gasteiger partial charge in [0.2, 0.25) is 0 Å². The Bertz CT molecular complexity index is 709. The summed E-state index contributed by atoms with van der Waals surface area (Å²) >= 11 is 0. The molecule has 0 bridgehead atoms. The van der Waals surface area contributed by atoms with Gasteiger partial charge in [0.05, 0.1) is 12.7 Å². The fourth-order valence-electron chi connectivity index (χ4n) is 3.36. The summed E-state index contributed by atoms with van der Waals surface area (Å²) in [5, 5.41) is 0. The first-order valence-electron chi connectivity index (χ1n) is 8.36. The molecule has 0 amide bonds. The van der Waals surface area contributed by atoms with Crippen LogP contribution in [0.3, 0.4) is 0 Å². The first-order chi connectivity index (χ1) is 12.0. The van der Waals surface area contributed by atoms with E-state index in [4.69, 9.17) is 23.7 Å². The van der Waals surface area contributed by atoms with Gasteiger partial charge in [-0.15, -0.1) is 0 Å². The van der Waals surface area contributed by atoms with Crippen LogP contribution in [0.15, 0.2) is 6.08 Å². The van der Waals surface area contributed by atoms with Crippen molar-refractivity contribution in [2.24, 2.45) is 0 Å². The molecule has 0 fully saturated rings. The molecule has 0 spiro atoms. The fraction of sp³-hybridized carbons (Fsp3) is 0.526. The molecule has 0 N–H and O–H groups in total. The molecule has 0 aliphatic carbocycles. The Morgan fingerprint density at radius 3 is 2.84 bits per heavy atom. The van der Waals surface area contributed by atoms with E-state index in [-0.39, 0.29) is 19.4 Å². The van der Waals surface area contributed by atoms with Crippen LogP contribution >= 0.6 is 0 Å². The average molecular weight is 348 g/mol. The molecule has 1 aromatic carbocycles. The van der Waals surface area contributed by atoms with Crippen molar-refractivity contribution in [3.8, 4) is 11.5 Å². The van der Waals surface area contributed by atoms with Gasteiger partial charge in [0.15, 0.2) is 0 Å². The number of hydrogen-bond acceptors (Lipinski definition) is 6. The van der Waals surface area contributed by atoms with E-state index >= 15 is 0 Å². The van der Waals surface area contributed by atoms with Gasteiger partial charge in [-0.3, -0.25) is 0 Å². The van der Waals surface area contributed by atoms with E-state index < -0.39 is 5.60 Å². The lowest BCUT2D eigenvalue weighted by Crippen LogP contribution is -2.33. The maximum atomic E-state index is 12.2. The predicted octanol–water partition coefficient (Wildman–Crippen LogP) is 3.24. The van der Waals surface area contributed by atoms with Crippen LogP contribution in [-0.2, 0) is 20.8 Å². The standard InChI is InChI=1S/C19H24O6/c1-12-14-10-24-18(20)15(14)17-13(16(12)22-4)6-8-19(2,25-17)7-5-9-23-11-21-3/h6,8H,5,7,9-11H2,1-4H3. The lowest BCUT2D eigenvalue weighted by molar-refractivity contribution is -0.0347. The highest BCUT2D eigenvalue weighted by atomic mass is 16.7. The monoisotopic (exact) mass is 348 g/mol. The summed E-state index contributed by atoms with van der Waals surface area (Å²) in [4.78, 5) is 12.2. The van der Waals surface area contributed by atoms with Crippen LogP contribution < -0.4 is 9.47 Å². The van der Waals surface area contributed by atoms with Crippen LogP contribution in [-0.4, -0.2) is 39.2 Å². The van der Waals surface area contributed by atoms with Crippen molar-refractivity contribution in [3.63, 3.8) is 0 Å². The summed E-state index contributed by atoms with van der Waals surface area (Å²) < 4.78 is 27.3. The quantitative estimate of drug-likeness (QED) is 0.428. The van der Waals surface area contributed by atoms with E-state index in [0.717, 1.165) is 35.3 Å². The van der Waals surface area contributed by atoms with Gasteiger partial charge in [-0.05, 0) is 44.4 Å². The van der Waals surface area contributed by atoms with Gasteiger partial charge in [0.1, 0.15) is 36.1 Å². The van der Waals surface area contributed by atoms with E-state index in [1.807, 2.05) is 26.0 Å². The molecule has 3 rings (SSSR count). The molecule has 25 heavy (non-hydrogen) atoms. The van der Waals surface area contributed by atoms with Crippen molar-refractivity contribution in [3.05, 3.63) is 28.3 Å². The Morgan fingerprint density at radius 2 is 2.12 bits per heavy atom. The van der Waals surface area contributed by atoms with Gasteiger partial charge < -0.3 is 23.7 Å². The zero-order valence-electron chi connectivity index (χ0n) is 15.1. The smallest absolute Gasteiger partial charge is 0.342 e. The Labute approximate surface area is 147 Å². The van der Waals surface area contributed by atoms with Crippen molar-refractivity contribution in [1.29, 1.82) is 0 Å². The molecule has 136 valence electrons. The molecule has 2 aliphatic heterocycles. The summed E-state index contributed by atoms with van der Waals surface area (Å²) in [7, 11) is 3.22. The molecule has 1 unspecified atom stereocenters. The lowest BCUT2D eigenvalue weighted by atomic mass is 9.90. The molecule has 0 aromatic heterocycles. The van der Waals surface area contributed by atoms with Crippen molar-refractivity contribution in [2.45, 2.75) is 38.9 Å². The second-order valence-electron chi connectivity index (χ2n) is 6.50. The number of ether oxygens (including phenoxy) is 5. The number of esters is 1. The van der Waals surface area contributed by atoms with Gasteiger partial charge in [-0.25, -0.2) is 4.79 Å². The van der Waals surface area contributed by atoms with Crippen LogP contribution in [0, 0.1) is 6.92 Å². The summed E-state index contributed by atoms with van der Waals surface area (Å²) in [5.41, 5.74) is 2.58. The van der Waals surface area contributed by atoms with Crippen LogP contribution in [0.4, 0.5) is 0 Å². The first-order valence-corrected chi connectivity index (χ1v) is 8.36. The number of carbonyl (C=O) groups is 1. The zero-order valence-corrected chi connectivity index (χ0v) is 15.1. The number of cyclic esters (lactones) is 1. The van der Waals surface area contributed by atoms with E-state index in [1.54, 1.807) is 14.2 Å². The number of hydrogen-bond donors (Lipinski definition) is 0. The van der Waals surface area contributed by atoms with Crippen LogP contribution in [0.5, 0.6) is 11.5 Å². The number of fused-ring (bicyclic) bond motifs is 3. The number of carbonyl (C=O) groups excluding carboxylic acids is 1. The Balaban J connectivity index is 1.88. The summed E-state index contributed by atoms with van der Waals surface area (Å²) in [6.45, 7) is 5.08. The van der Waals surface area contributed by atoms with Crippen LogP contribution in [0.2, 0.25) is 0 Å². The molecule has 1 atom stereocenters. The van der Waals surface area contributed by atoms with Crippen molar-refractivity contribution in [2.75, 3.05) is 27.6 Å². The SMILES string of the molecule is COCOCCCC1(C)C=Cc2c(OC)c(C)c3c(c2O1)C(=O)OC3. The molecule has 0 radical (unpaired) electrons. The summed E-state index contributed by atoms with van der Waals surface area (Å²) in [6, 6.07) is 0. The second kappa shape index (κ2) is 7.06. The Morgan fingerprint density at radius 1 is 1.32 bits per heavy atom. The molecule has 6 heteroatoms. The normalized spacial score (nSPS) is 20.7. The highest BCUT2D eigenvalue weighted by Gasteiger charge is 2.37. The first kappa shape index (κ1) is 17.8. The maximum absolute atomic E-state index is 12.2. The predicted molar refractivity (Wildman–Crippen MR) is 92.0 cm³/mol. The number of rotatable bonds is 7. The summed E-state index contributed by atoms with van der Waals surface area (Å²) in [5.74, 6) is 0.953. The van der Waals surface area contributed by atoms with E-state index in [9.17, 15) is 4.79 Å². The highest BCUT2D eigenvalue weighted by molar-refractivity contribution is 5.99. The Kier molecular flexibility index (Phi) is 5.01. The number of benzene rings is 1. The molecule has 1 aromatic rings. The van der Waals surface area contributed by atoms with Crippen molar-refractivity contribution < 1.29 is 28.5 Å². The average Bonchev–Trinajstić information content (AvgIpc) is 2.98. The third-order valence-corrected chi connectivity index (χ3v) is 4.67. The minimum atomic E-state index is -0.514. The third-order valence-electron chi connectivity index (χ3n) is 4.67. The van der Waals surface area contributed by atoms with E-state index in [2.05, 4.69) is 0 Å². The van der Waals surface area contributed by atoms with Gasteiger partial charge >= 0.3 is 5.97 Å². The molecule has 0 saturated carbocycles. The largest absolute Gasteiger partial charge is 0.496 e. The molecule has 2 aliphatic rings. The molecule has 2 heterocycles. The van der Waals surface area contributed by atoms with Gasteiger partial charge in [-0.1, -0.05) is 0 Å². The summed E-state index contributed by atoms with van der Waals surface area (Å²) in [6.07, 6.45) is 5.56. The van der Waals surface area contributed by atoms with Crippen molar-refractivity contribution in [1.82, 2.24) is 0 Å². The fourth-order valence-corrected chi connectivity index (χ4v) is 3.36. The molecule has 0 saturated heterocycles. The topological polar surface area (TPSA) is 63.2 Å². The van der Waals surface area contributed by atoms with Gasteiger partial charge in [0.25, 0.3) is 0 Å². The van der Waals surface area contributed by atoms with Gasteiger partial charge in [-0.2, -0.15) is 0 Å². The van der Waals surface area contributed by atoms with Crippen LogP contribution in [0.1, 0.15) is 46.8 Å². The van der Waals surface area contributed by atoms with Crippen LogP contribution in [0.25, 0.3) is 6.08 Å². The molecular formula is C19H24O6. The van der Waals surface area contributed by atoms with E-state index in [1.165, 1.54) is 0 Å².